The van der Waals surface area contributed by atoms with Crippen LogP contribution < -0.4 is 4.72 Å². The highest BCUT2D eigenvalue weighted by Gasteiger charge is 2.26. The van der Waals surface area contributed by atoms with Gasteiger partial charge in [0.25, 0.3) is 0 Å². The lowest BCUT2D eigenvalue weighted by atomic mass is 9.89. The summed E-state index contributed by atoms with van der Waals surface area (Å²) in [6, 6.07) is 11.9. The van der Waals surface area contributed by atoms with Crippen molar-refractivity contribution in [3.63, 3.8) is 0 Å². The number of aromatic nitrogens is 1. The number of hydrogen-bond donors (Lipinski definition) is 1. The maximum Gasteiger partial charge on any atom is 0.303 e. The normalized spacial score (nSPS) is 20.0. The number of carbonyl (C=O) groups excluding carboxylic acids is 1. The van der Waals surface area contributed by atoms with Crippen LogP contribution in [0.5, 0.6) is 0 Å². The fraction of sp³-hybridized carbons (Fsp3) is 0.280. The molecule has 1 N–H and O–H groups in total. The van der Waals surface area contributed by atoms with Crippen LogP contribution in [0.3, 0.4) is 0 Å². The van der Waals surface area contributed by atoms with Crippen molar-refractivity contribution in [2.45, 2.75) is 39.7 Å². The molecule has 1 aliphatic carbocycles. The first kappa shape index (κ1) is 23.5. The van der Waals surface area contributed by atoms with Crippen molar-refractivity contribution < 1.29 is 17.9 Å². The quantitative estimate of drug-likeness (QED) is 0.496. The number of carbonyl (C=O) groups is 1. The standard InChI is InChI=1S/C25H28N2O4S/c1-17-9-8-12-24-23(15-21(16-26-24)20-10-6-5-7-11-20)25(31-19(3)28)22(17)14-13-18(2)27-32(4,29)30/h5-8,10-13,15-16,25,27H,9,14H2,1-4H3/b12-8-,18-13+,22-17-. The molecule has 0 saturated heterocycles. The largest absolute Gasteiger partial charge is 0.453 e. The zero-order valence-corrected chi connectivity index (χ0v) is 19.6. The van der Waals surface area contributed by atoms with Gasteiger partial charge in [0, 0.05) is 29.9 Å². The van der Waals surface area contributed by atoms with Crippen molar-refractivity contribution in [3.8, 4) is 11.1 Å². The summed E-state index contributed by atoms with van der Waals surface area (Å²) in [5.74, 6) is -0.393. The topological polar surface area (TPSA) is 85.4 Å². The van der Waals surface area contributed by atoms with Crippen molar-refractivity contribution in [2.24, 2.45) is 0 Å². The molecule has 0 spiro atoms. The molecule has 7 heteroatoms. The van der Waals surface area contributed by atoms with E-state index in [9.17, 15) is 13.2 Å². The van der Waals surface area contributed by atoms with E-state index in [1.165, 1.54) is 6.92 Å². The van der Waals surface area contributed by atoms with Crippen LogP contribution in [-0.2, 0) is 19.6 Å². The molecule has 6 nitrogen and oxygen atoms in total. The number of rotatable bonds is 6. The monoisotopic (exact) mass is 452 g/mol. The third-order valence-corrected chi connectivity index (χ3v) is 5.85. The Morgan fingerprint density at radius 2 is 1.94 bits per heavy atom. The van der Waals surface area contributed by atoms with Gasteiger partial charge in [0.05, 0.1) is 11.9 Å². The Balaban J connectivity index is 2.09. The number of pyridine rings is 1. The molecule has 1 aromatic heterocycles. The third-order valence-electron chi connectivity index (χ3n) is 5.16. The molecule has 1 unspecified atom stereocenters. The number of allylic oxidation sites excluding steroid dienone is 4. The lowest BCUT2D eigenvalue weighted by molar-refractivity contribution is -0.145. The van der Waals surface area contributed by atoms with Crippen LogP contribution in [0, 0.1) is 0 Å². The summed E-state index contributed by atoms with van der Waals surface area (Å²) in [5.41, 5.74) is 5.98. The van der Waals surface area contributed by atoms with E-state index in [2.05, 4.69) is 9.71 Å². The molecule has 0 amide bonds. The van der Waals surface area contributed by atoms with Gasteiger partial charge in [-0.1, -0.05) is 48.1 Å². The van der Waals surface area contributed by atoms with Gasteiger partial charge in [-0.2, -0.15) is 0 Å². The van der Waals surface area contributed by atoms with E-state index >= 15 is 0 Å². The SMILES string of the molecule is CC(=O)OC1/C(C/C=C(\C)NS(C)(=O)=O)=C(/C)C/C=C\c2ncc(-c3ccccc3)cc21. The Morgan fingerprint density at radius 1 is 1.22 bits per heavy atom. The van der Waals surface area contributed by atoms with Gasteiger partial charge in [0.1, 0.15) is 0 Å². The Hall–Kier alpha value is -3.19. The third kappa shape index (κ3) is 6.17. The average molecular weight is 453 g/mol. The summed E-state index contributed by atoms with van der Waals surface area (Å²) in [5, 5.41) is 0. The zero-order chi connectivity index (χ0) is 23.3. The van der Waals surface area contributed by atoms with Crippen LogP contribution >= 0.6 is 0 Å². The van der Waals surface area contributed by atoms with Gasteiger partial charge >= 0.3 is 5.97 Å². The molecular weight excluding hydrogens is 424 g/mol. The van der Waals surface area contributed by atoms with Crippen molar-refractivity contribution in [3.05, 3.63) is 82.8 Å². The molecule has 0 aliphatic heterocycles. The smallest absolute Gasteiger partial charge is 0.303 e. The molecule has 168 valence electrons. The van der Waals surface area contributed by atoms with Crippen LogP contribution in [0.15, 0.2) is 71.6 Å². The lowest BCUT2D eigenvalue weighted by Gasteiger charge is -2.25. The van der Waals surface area contributed by atoms with E-state index < -0.39 is 22.1 Å². The Morgan fingerprint density at radius 3 is 2.59 bits per heavy atom. The van der Waals surface area contributed by atoms with E-state index in [1.54, 1.807) is 13.0 Å². The Bertz CT molecular complexity index is 1200. The summed E-state index contributed by atoms with van der Waals surface area (Å²) in [7, 11) is -3.36. The fourth-order valence-corrected chi connectivity index (χ4v) is 4.37. The molecule has 1 heterocycles. The number of hydrogen-bond acceptors (Lipinski definition) is 5. The van der Waals surface area contributed by atoms with E-state index in [-0.39, 0.29) is 0 Å². The van der Waals surface area contributed by atoms with Gasteiger partial charge in [0.15, 0.2) is 6.10 Å². The minimum Gasteiger partial charge on any atom is -0.453 e. The number of nitrogens with zero attached hydrogens (tertiary/aromatic N) is 1. The molecule has 1 aliphatic rings. The summed E-state index contributed by atoms with van der Waals surface area (Å²) in [4.78, 5) is 16.7. The van der Waals surface area contributed by atoms with Gasteiger partial charge in [0.2, 0.25) is 10.0 Å². The van der Waals surface area contributed by atoms with Crippen molar-refractivity contribution >= 4 is 22.1 Å². The molecule has 1 atom stereocenters. The van der Waals surface area contributed by atoms with Crippen molar-refractivity contribution in [1.82, 2.24) is 9.71 Å². The van der Waals surface area contributed by atoms with Crippen LogP contribution in [0.1, 0.15) is 51.0 Å². The first-order valence-corrected chi connectivity index (χ1v) is 12.3. The predicted molar refractivity (Wildman–Crippen MR) is 127 cm³/mol. The van der Waals surface area contributed by atoms with Crippen LogP contribution in [0.25, 0.3) is 17.2 Å². The highest BCUT2D eigenvalue weighted by Crippen LogP contribution is 2.37. The molecule has 0 bridgehead atoms. The first-order valence-electron chi connectivity index (χ1n) is 10.4. The second kappa shape index (κ2) is 9.96. The van der Waals surface area contributed by atoms with Crippen LogP contribution in [0.2, 0.25) is 0 Å². The summed E-state index contributed by atoms with van der Waals surface area (Å²) >= 11 is 0. The fourth-order valence-electron chi connectivity index (χ4n) is 3.70. The van der Waals surface area contributed by atoms with Crippen LogP contribution in [-0.4, -0.2) is 25.6 Å². The number of benzene rings is 1. The maximum atomic E-state index is 12.1. The minimum absolute atomic E-state index is 0.393. The van der Waals surface area contributed by atoms with E-state index in [0.29, 0.717) is 18.5 Å². The zero-order valence-electron chi connectivity index (χ0n) is 18.8. The molecule has 2 aromatic rings. The van der Waals surface area contributed by atoms with Crippen molar-refractivity contribution in [1.29, 1.82) is 0 Å². The lowest BCUT2D eigenvalue weighted by Crippen LogP contribution is -2.20. The summed E-state index contributed by atoms with van der Waals surface area (Å²) in [6.45, 7) is 5.09. The molecule has 0 radical (unpaired) electrons. The highest BCUT2D eigenvalue weighted by atomic mass is 32.2. The van der Waals surface area contributed by atoms with Gasteiger partial charge in [-0.05, 0) is 50.0 Å². The predicted octanol–water partition coefficient (Wildman–Crippen LogP) is 4.93. The van der Waals surface area contributed by atoms with Gasteiger partial charge < -0.3 is 4.74 Å². The maximum absolute atomic E-state index is 12.1. The van der Waals surface area contributed by atoms with E-state index in [1.807, 2.05) is 61.7 Å². The number of sulfonamides is 1. The molecule has 3 rings (SSSR count). The average Bonchev–Trinajstić information content (AvgIpc) is 2.71. The minimum atomic E-state index is -3.36. The first-order chi connectivity index (χ1) is 15.1. The molecule has 32 heavy (non-hydrogen) atoms. The second-order valence-corrected chi connectivity index (χ2v) is 9.68. The number of ether oxygens (including phenoxy) is 1. The summed E-state index contributed by atoms with van der Waals surface area (Å²) < 4.78 is 31.4. The summed E-state index contributed by atoms with van der Waals surface area (Å²) in [6.07, 6.45) is 9.22. The Labute approximate surface area is 189 Å². The number of esters is 1. The van der Waals surface area contributed by atoms with Crippen molar-refractivity contribution in [2.75, 3.05) is 6.26 Å². The van der Waals surface area contributed by atoms with Gasteiger partial charge in [-0.25, -0.2) is 8.42 Å². The van der Waals surface area contributed by atoms with Crippen LogP contribution in [0.4, 0.5) is 0 Å². The Kier molecular flexibility index (Phi) is 7.30. The molecule has 0 saturated carbocycles. The van der Waals surface area contributed by atoms with Gasteiger partial charge in [-0.15, -0.1) is 0 Å². The molecular formula is C25H28N2O4S. The second-order valence-electron chi connectivity index (χ2n) is 7.93. The number of fused-ring (bicyclic) bond motifs is 1. The highest BCUT2D eigenvalue weighted by molar-refractivity contribution is 7.88. The molecule has 1 aromatic carbocycles. The van der Waals surface area contributed by atoms with Gasteiger partial charge in [-0.3, -0.25) is 14.5 Å². The van der Waals surface area contributed by atoms with E-state index in [4.69, 9.17) is 4.74 Å². The van der Waals surface area contributed by atoms with E-state index in [0.717, 1.165) is 39.8 Å². The number of nitrogens with one attached hydrogen (secondary N) is 1. The molecule has 0 fully saturated rings.